The van der Waals surface area contributed by atoms with Gasteiger partial charge in [0.15, 0.2) is 0 Å². The fraction of sp³-hybridized carbons (Fsp3) is 0.500. The van der Waals surface area contributed by atoms with Crippen LogP contribution in [0.1, 0.15) is 36.6 Å². The highest BCUT2D eigenvalue weighted by molar-refractivity contribution is 5.79. The number of benzene rings is 1. The SMILES string of the molecule is O=C(N[C@H](C[C@@H]1CCOC1)c1ccccc1)[C@@H]1CCn2cncc2C1. The molecule has 0 bridgehead atoms. The zero-order chi connectivity index (χ0) is 17.1. The molecule has 1 aromatic carbocycles. The van der Waals surface area contributed by atoms with E-state index in [0.717, 1.165) is 51.1 Å². The maximum absolute atomic E-state index is 12.9. The van der Waals surface area contributed by atoms with Crippen LogP contribution in [0.25, 0.3) is 0 Å². The number of hydrogen-bond donors (Lipinski definition) is 1. The van der Waals surface area contributed by atoms with Crippen molar-refractivity contribution in [3.05, 3.63) is 54.1 Å². The molecule has 1 aromatic heterocycles. The fourth-order valence-corrected chi connectivity index (χ4v) is 3.95. The molecule has 0 radical (unpaired) electrons. The molecule has 3 heterocycles. The van der Waals surface area contributed by atoms with Gasteiger partial charge in [0, 0.05) is 44.0 Å². The van der Waals surface area contributed by atoms with E-state index in [1.165, 1.54) is 5.56 Å². The number of fused-ring (bicyclic) bond motifs is 1. The van der Waals surface area contributed by atoms with Gasteiger partial charge in [-0.25, -0.2) is 4.98 Å². The largest absolute Gasteiger partial charge is 0.381 e. The van der Waals surface area contributed by atoms with Crippen LogP contribution in [0.2, 0.25) is 0 Å². The Morgan fingerprint density at radius 3 is 3.00 bits per heavy atom. The average molecular weight is 339 g/mol. The first-order valence-electron chi connectivity index (χ1n) is 9.21. The predicted octanol–water partition coefficient (Wildman–Crippen LogP) is 2.73. The molecule has 2 aliphatic rings. The van der Waals surface area contributed by atoms with Gasteiger partial charge in [-0.1, -0.05) is 30.3 Å². The van der Waals surface area contributed by atoms with Crippen molar-refractivity contribution in [2.45, 2.75) is 38.3 Å². The monoisotopic (exact) mass is 339 g/mol. The van der Waals surface area contributed by atoms with Crippen LogP contribution >= 0.6 is 0 Å². The lowest BCUT2D eigenvalue weighted by molar-refractivity contribution is -0.126. The summed E-state index contributed by atoms with van der Waals surface area (Å²) in [6.45, 7) is 2.52. The second-order valence-electron chi connectivity index (χ2n) is 7.21. The van der Waals surface area contributed by atoms with Crippen LogP contribution in [0, 0.1) is 11.8 Å². The van der Waals surface area contributed by atoms with E-state index in [2.05, 4.69) is 27.0 Å². The molecule has 0 saturated carbocycles. The number of imidazole rings is 1. The van der Waals surface area contributed by atoms with Crippen LogP contribution in [-0.2, 0) is 22.5 Å². The summed E-state index contributed by atoms with van der Waals surface area (Å²) in [5.74, 6) is 0.730. The molecule has 1 fully saturated rings. The third-order valence-electron chi connectivity index (χ3n) is 5.45. The van der Waals surface area contributed by atoms with Gasteiger partial charge in [0.2, 0.25) is 5.91 Å². The number of nitrogens with zero attached hydrogens (tertiary/aromatic N) is 2. The van der Waals surface area contributed by atoms with Crippen LogP contribution in [-0.4, -0.2) is 28.7 Å². The number of nitrogens with one attached hydrogen (secondary N) is 1. The van der Waals surface area contributed by atoms with Crippen molar-refractivity contribution in [3.63, 3.8) is 0 Å². The highest BCUT2D eigenvalue weighted by atomic mass is 16.5. The fourth-order valence-electron chi connectivity index (χ4n) is 3.95. The predicted molar refractivity (Wildman–Crippen MR) is 94.9 cm³/mol. The zero-order valence-electron chi connectivity index (χ0n) is 14.4. The van der Waals surface area contributed by atoms with Gasteiger partial charge >= 0.3 is 0 Å². The summed E-state index contributed by atoms with van der Waals surface area (Å²) in [5, 5.41) is 3.33. The van der Waals surface area contributed by atoms with Crippen LogP contribution in [0.15, 0.2) is 42.9 Å². The van der Waals surface area contributed by atoms with E-state index in [0.29, 0.717) is 5.92 Å². The van der Waals surface area contributed by atoms with Crippen LogP contribution < -0.4 is 5.32 Å². The Morgan fingerprint density at radius 1 is 1.32 bits per heavy atom. The van der Waals surface area contributed by atoms with Gasteiger partial charge < -0.3 is 14.6 Å². The van der Waals surface area contributed by atoms with Gasteiger partial charge in [0.05, 0.1) is 12.4 Å². The number of carbonyl (C=O) groups is 1. The second-order valence-corrected chi connectivity index (χ2v) is 7.21. The molecule has 0 unspecified atom stereocenters. The molecule has 132 valence electrons. The average Bonchev–Trinajstić information content (AvgIpc) is 3.32. The lowest BCUT2D eigenvalue weighted by Gasteiger charge is -2.27. The van der Waals surface area contributed by atoms with Gasteiger partial charge in [-0.3, -0.25) is 4.79 Å². The third-order valence-corrected chi connectivity index (χ3v) is 5.45. The molecular weight excluding hydrogens is 314 g/mol. The normalized spacial score (nSPS) is 23.8. The lowest BCUT2D eigenvalue weighted by Crippen LogP contribution is -2.38. The summed E-state index contributed by atoms with van der Waals surface area (Å²) < 4.78 is 7.67. The van der Waals surface area contributed by atoms with Crippen molar-refractivity contribution in [2.75, 3.05) is 13.2 Å². The summed E-state index contributed by atoms with van der Waals surface area (Å²) in [4.78, 5) is 17.1. The molecular formula is C20H25N3O2. The summed E-state index contributed by atoms with van der Waals surface area (Å²) in [5.41, 5.74) is 2.34. The zero-order valence-corrected chi connectivity index (χ0v) is 14.4. The molecule has 4 rings (SSSR count). The van der Waals surface area contributed by atoms with E-state index >= 15 is 0 Å². The highest BCUT2D eigenvalue weighted by Gasteiger charge is 2.28. The first-order valence-corrected chi connectivity index (χ1v) is 9.21. The Labute approximate surface area is 148 Å². The van der Waals surface area contributed by atoms with E-state index in [-0.39, 0.29) is 17.9 Å². The summed E-state index contributed by atoms with van der Waals surface area (Å²) >= 11 is 0. The van der Waals surface area contributed by atoms with Crippen molar-refractivity contribution in [2.24, 2.45) is 11.8 Å². The first kappa shape index (κ1) is 16.3. The topological polar surface area (TPSA) is 56.1 Å². The van der Waals surface area contributed by atoms with Gasteiger partial charge in [0.1, 0.15) is 0 Å². The number of carbonyl (C=O) groups excluding carboxylic acids is 1. The van der Waals surface area contributed by atoms with Crippen LogP contribution in [0.4, 0.5) is 0 Å². The van der Waals surface area contributed by atoms with Gasteiger partial charge in [-0.15, -0.1) is 0 Å². The summed E-state index contributed by atoms with van der Waals surface area (Å²) in [6, 6.07) is 10.4. The molecule has 25 heavy (non-hydrogen) atoms. The van der Waals surface area contributed by atoms with Gasteiger partial charge in [-0.2, -0.15) is 0 Å². The van der Waals surface area contributed by atoms with Crippen LogP contribution in [0.5, 0.6) is 0 Å². The minimum absolute atomic E-state index is 0.0373. The van der Waals surface area contributed by atoms with E-state index in [4.69, 9.17) is 4.74 Å². The minimum Gasteiger partial charge on any atom is -0.381 e. The van der Waals surface area contributed by atoms with Gasteiger partial charge in [-0.05, 0) is 30.7 Å². The molecule has 3 atom stereocenters. The third kappa shape index (κ3) is 3.76. The quantitative estimate of drug-likeness (QED) is 0.911. The molecule has 0 spiro atoms. The maximum atomic E-state index is 12.9. The Bertz CT molecular complexity index is 707. The number of hydrogen-bond acceptors (Lipinski definition) is 3. The maximum Gasteiger partial charge on any atom is 0.224 e. The molecule has 1 N–H and O–H groups in total. The Hall–Kier alpha value is -2.14. The number of rotatable bonds is 5. The molecule has 1 saturated heterocycles. The van der Waals surface area contributed by atoms with Crippen molar-refractivity contribution < 1.29 is 9.53 Å². The summed E-state index contributed by atoms with van der Waals surface area (Å²) in [6.07, 6.45) is 7.42. The van der Waals surface area contributed by atoms with Crippen molar-refractivity contribution >= 4 is 5.91 Å². The molecule has 0 aliphatic carbocycles. The summed E-state index contributed by atoms with van der Waals surface area (Å²) in [7, 11) is 0. The smallest absolute Gasteiger partial charge is 0.224 e. The van der Waals surface area contributed by atoms with Gasteiger partial charge in [0.25, 0.3) is 0 Å². The van der Waals surface area contributed by atoms with Crippen molar-refractivity contribution in [1.82, 2.24) is 14.9 Å². The number of aromatic nitrogens is 2. The second kappa shape index (κ2) is 7.40. The van der Waals surface area contributed by atoms with E-state index < -0.39 is 0 Å². The van der Waals surface area contributed by atoms with E-state index in [1.54, 1.807) is 0 Å². The Morgan fingerprint density at radius 2 is 2.20 bits per heavy atom. The number of aryl methyl sites for hydroxylation is 1. The van der Waals surface area contributed by atoms with E-state index in [1.807, 2.05) is 30.7 Å². The highest BCUT2D eigenvalue weighted by Crippen LogP contribution is 2.28. The molecule has 2 aromatic rings. The van der Waals surface area contributed by atoms with Crippen molar-refractivity contribution in [1.29, 1.82) is 0 Å². The number of amides is 1. The number of ether oxygens (including phenoxy) is 1. The van der Waals surface area contributed by atoms with Crippen LogP contribution in [0.3, 0.4) is 0 Å². The van der Waals surface area contributed by atoms with E-state index in [9.17, 15) is 4.79 Å². The first-order chi connectivity index (χ1) is 12.3. The molecule has 2 aliphatic heterocycles. The Balaban J connectivity index is 1.45. The minimum atomic E-state index is 0.0373. The standard InChI is InChI=1S/C20H25N3O2/c24-20(17-6-8-23-14-21-12-18(23)11-17)22-19(10-15-7-9-25-13-15)16-4-2-1-3-5-16/h1-5,12,14-15,17,19H,6-11,13H2,(H,22,24)/t15-,17+,19+/m0/s1. The lowest BCUT2D eigenvalue weighted by atomic mass is 9.91. The molecule has 5 nitrogen and oxygen atoms in total. The Kier molecular flexibility index (Phi) is 4.83. The molecule has 1 amide bonds. The van der Waals surface area contributed by atoms with Crippen molar-refractivity contribution in [3.8, 4) is 0 Å². The molecule has 5 heteroatoms.